The van der Waals surface area contributed by atoms with Crippen molar-refractivity contribution in [3.05, 3.63) is 69.0 Å². The van der Waals surface area contributed by atoms with E-state index in [1.165, 1.54) is 20.7 Å². The Bertz CT molecular complexity index is 1180. The Labute approximate surface area is 158 Å². The van der Waals surface area contributed by atoms with E-state index in [0.29, 0.717) is 21.1 Å². The van der Waals surface area contributed by atoms with E-state index in [9.17, 15) is 4.79 Å². The summed E-state index contributed by atoms with van der Waals surface area (Å²) in [4.78, 5) is 18.9. The monoisotopic (exact) mass is 381 g/mol. The second-order valence-electron chi connectivity index (χ2n) is 5.52. The van der Waals surface area contributed by atoms with Crippen molar-refractivity contribution in [2.24, 2.45) is 0 Å². The number of nitrogens with zero attached hydrogens (tertiary/aromatic N) is 3. The van der Waals surface area contributed by atoms with Gasteiger partial charge in [0.05, 0.1) is 17.2 Å². The Kier molecular flexibility index (Phi) is 4.48. The van der Waals surface area contributed by atoms with Gasteiger partial charge in [-0.2, -0.15) is 9.50 Å². The Morgan fingerprint density at radius 3 is 2.62 bits per heavy atom. The van der Waals surface area contributed by atoms with Crippen LogP contribution in [0.25, 0.3) is 22.4 Å². The maximum absolute atomic E-state index is 12.7. The molecular weight excluding hydrogens is 366 g/mol. The minimum Gasteiger partial charge on any atom is -0.496 e. The van der Waals surface area contributed by atoms with Crippen LogP contribution < -0.4 is 14.8 Å². The molecule has 0 fully saturated rings. The van der Waals surface area contributed by atoms with Gasteiger partial charge in [-0.3, -0.25) is 4.79 Å². The second kappa shape index (κ2) is 6.93. The lowest BCUT2D eigenvalue weighted by Gasteiger charge is -2.03. The zero-order valence-corrected chi connectivity index (χ0v) is 15.8. The normalized spacial score (nSPS) is 12.0. The van der Waals surface area contributed by atoms with Crippen LogP contribution in [-0.2, 0) is 0 Å². The topological polar surface area (TPSA) is 56.5 Å². The first-order valence-electron chi connectivity index (χ1n) is 7.88. The second-order valence-corrected chi connectivity index (χ2v) is 7.41. The summed E-state index contributed by atoms with van der Waals surface area (Å²) in [7, 11) is 1.60. The number of rotatable bonds is 4. The number of aromatic nitrogens is 3. The summed E-state index contributed by atoms with van der Waals surface area (Å²) in [6.07, 6.45) is 3.91. The standard InChI is InChI=1S/C19H15N3O2S2/c1-24-15-6-4-3-5-14(15)17-20-19-22(21-17)18(23)16(26-19)11-12-7-9-13(25-2)10-8-12/h3-11H,1-2H3/b16-11-. The Hall–Kier alpha value is -2.64. The van der Waals surface area contributed by atoms with Crippen molar-refractivity contribution < 1.29 is 4.74 Å². The number of para-hydroxylation sites is 1. The van der Waals surface area contributed by atoms with Crippen molar-refractivity contribution in [2.75, 3.05) is 13.4 Å². The van der Waals surface area contributed by atoms with Gasteiger partial charge in [0.2, 0.25) is 4.96 Å². The molecule has 2 aromatic carbocycles. The van der Waals surface area contributed by atoms with E-state index in [1.54, 1.807) is 18.9 Å². The molecule has 4 rings (SSSR count). The lowest BCUT2D eigenvalue weighted by molar-refractivity contribution is 0.416. The molecule has 0 atom stereocenters. The molecule has 2 heterocycles. The van der Waals surface area contributed by atoms with E-state index in [1.807, 2.05) is 60.9 Å². The number of thiazole rings is 1. The molecule has 0 bridgehead atoms. The molecule has 0 spiro atoms. The van der Waals surface area contributed by atoms with E-state index >= 15 is 0 Å². The SMILES string of the molecule is COc1ccccc1-c1nc2s/c(=C\c3ccc(SC)cc3)c(=O)n2n1. The quantitative estimate of drug-likeness (QED) is 0.509. The molecule has 26 heavy (non-hydrogen) atoms. The molecule has 130 valence electrons. The number of fused-ring (bicyclic) bond motifs is 1. The van der Waals surface area contributed by atoms with Crippen molar-refractivity contribution in [3.63, 3.8) is 0 Å². The van der Waals surface area contributed by atoms with Gasteiger partial charge in [0.25, 0.3) is 5.56 Å². The third-order valence-electron chi connectivity index (χ3n) is 3.94. The molecule has 0 amide bonds. The van der Waals surface area contributed by atoms with Crippen molar-refractivity contribution in [1.29, 1.82) is 0 Å². The molecule has 0 aliphatic rings. The first-order valence-corrected chi connectivity index (χ1v) is 9.92. The van der Waals surface area contributed by atoms with Gasteiger partial charge >= 0.3 is 0 Å². The van der Waals surface area contributed by atoms with Crippen molar-refractivity contribution in [1.82, 2.24) is 14.6 Å². The van der Waals surface area contributed by atoms with Crippen LogP contribution in [0, 0.1) is 0 Å². The van der Waals surface area contributed by atoms with Crippen LogP contribution in [0.2, 0.25) is 0 Å². The molecule has 0 unspecified atom stereocenters. The van der Waals surface area contributed by atoms with Gasteiger partial charge in [-0.15, -0.1) is 16.9 Å². The predicted octanol–water partition coefficient (Wildman–Crippen LogP) is 3.10. The number of ether oxygens (including phenoxy) is 1. The molecule has 0 saturated carbocycles. The minimum absolute atomic E-state index is 0.160. The zero-order chi connectivity index (χ0) is 18.1. The number of hydrogen-bond donors (Lipinski definition) is 0. The van der Waals surface area contributed by atoms with E-state index in [-0.39, 0.29) is 5.56 Å². The van der Waals surface area contributed by atoms with Gasteiger partial charge in [-0.25, -0.2) is 0 Å². The Balaban J connectivity index is 1.78. The highest BCUT2D eigenvalue weighted by Gasteiger charge is 2.14. The third kappa shape index (κ3) is 3.00. The maximum Gasteiger partial charge on any atom is 0.291 e. The number of benzene rings is 2. The molecular formula is C19H15N3O2S2. The fraction of sp³-hybridized carbons (Fsp3) is 0.105. The summed E-state index contributed by atoms with van der Waals surface area (Å²) >= 11 is 3.02. The van der Waals surface area contributed by atoms with Crippen LogP contribution in [0.1, 0.15) is 5.56 Å². The summed E-state index contributed by atoms with van der Waals surface area (Å²) in [6, 6.07) is 15.6. The van der Waals surface area contributed by atoms with Crippen LogP contribution >= 0.6 is 23.1 Å². The maximum atomic E-state index is 12.7. The number of hydrogen-bond acceptors (Lipinski definition) is 6. The van der Waals surface area contributed by atoms with Crippen LogP contribution in [0.15, 0.2) is 58.2 Å². The van der Waals surface area contributed by atoms with Gasteiger partial charge in [-0.1, -0.05) is 35.6 Å². The third-order valence-corrected chi connectivity index (χ3v) is 5.65. The van der Waals surface area contributed by atoms with Crippen LogP contribution in [-0.4, -0.2) is 28.0 Å². The first kappa shape index (κ1) is 16.8. The molecule has 4 aromatic rings. The van der Waals surface area contributed by atoms with E-state index in [4.69, 9.17) is 4.74 Å². The first-order chi connectivity index (χ1) is 12.7. The van der Waals surface area contributed by atoms with E-state index in [2.05, 4.69) is 10.1 Å². The Morgan fingerprint density at radius 2 is 1.92 bits per heavy atom. The van der Waals surface area contributed by atoms with Crippen LogP contribution in [0.5, 0.6) is 5.75 Å². The fourth-order valence-corrected chi connectivity index (χ4v) is 3.94. The van der Waals surface area contributed by atoms with Crippen molar-refractivity contribution in [2.45, 2.75) is 4.90 Å². The van der Waals surface area contributed by atoms with Gasteiger partial charge < -0.3 is 4.74 Å². The summed E-state index contributed by atoms with van der Waals surface area (Å²) in [5.41, 5.74) is 1.59. The molecule has 0 aliphatic carbocycles. The summed E-state index contributed by atoms with van der Waals surface area (Å²) in [5.74, 6) is 1.17. The van der Waals surface area contributed by atoms with E-state index < -0.39 is 0 Å². The average molecular weight is 381 g/mol. The largest absolute Gasteiger partial charge is 0.496 e. The highest BCUT2D eigenvalue weighted by Crippen LogP contribution is 2.27. The fourth-order valence-electron chi connectivity index (χ4n) is 2.63. The lowest BCUT2D eigenvalue weighted by Crippen LogP contribution is -2.23. The van der Waals surface area contributed by atoms with E-state index in [0.717, 1.165) is 11.1 Å². The van der Waals surface area contributed by atoms with Gasteiger partial charge in [0.15, 0.2) is 5.82 Å². The molecule has 0 N–H and O–H groups in total. The summed E-state index contributed by atoms with van der Waals surface area (Å²) in [6.45, 7) is 0. The molecule has 2 aromatic heterocycles. The van der Waals surface area contributed by atoms with Gasteiger partial charge in [-0.05, 0) is 42.2 Å². The number of thioether (sulfide) groups is 1. The van der Waals surface area contributed by atoms with Crippen molar-refractivity contribution >= 4 is 34.1 Å². The van der Waals surface area contributed by atoms with Gasteiger partial charge in [0, 0.05) is 4.90 Å². The molecule has 5 nitrogen and oxygen atoms in total. The average Bonchev–Trinajstić information content (AvgIpc) is 3.22. The highest BCUT2D eigenvalue weighted by atomic mass is 32.2. The van der Waals surface area contributed by atoms with Crippen LogP contribution in [0.3, 0.4) is 0 Å². The van der Waals surface area contributed by atoms with Crippen molar-refractivity contribution in [3.8, 4) is 17.1 Å². The lowest BCUT2D eigenvalue weighted by atomic mass is 10.2. The predicted molar refractivity (Wildman–Crippen MR) is 106 cm³/mol. The molecule has 0 radical (unpaired) electrons. The smallest absolute Gasteiger partial charge is 0.291 e. The summed E-state index contributed by atoms with van der Waals surface area (Å²) in [5, 5.41) is 4.38. The molecule has 0 aliphatic heterocycles. The summed E-state index contributed by atoms with van der Waals surface area (Å²) < 4.78 is 7.32. The zero-order valence-electron chi connectivity index (χ0n) is 14.2. The molecule has 0 saturated heterocycles. The van der Waals surface area contributed by atoms with Gasteiger partial charge in [0.1, 0.15) is 5.75 Å². The Morgan fingerprint density at radius 1 is 1.15 bits per heavy atom. The highest BCUT2D eigenvalue weighted by molar-refractivity contribution is 7.98. The molecule has 7 heteroatoms. The number of methoxy groups -OCH3 is 1. The minimum atomic E-state index is -0.160. The van der Waals surface area contributed by atoms with Crippen LogP contribution in [0.4, 0.5) is 0 Å².